The number of carbonyl (C=O) groups excluding carboxylic acids is 1. The monoisotopic (exact) mass is 546 g/mol. The lowest BCUT2D eigenvalue weighted by Gasteiger charge is -2.35. The normalized spacial score (nSPS) is 17.9. The Hall–Kier alpha value is -4.27. The molecular formula is C23H21F3N8O3S. The van der Waals surface area contributed by atoms with Crippen LogP contribution >= 0.6 is 11.3 Å². The Morgan fingerprint density at radius 3 is 2.71 bits per heavy atom. The Labute approximate surface area is 217 Å². The van der Waals surface area contributed by atoms with E-state index in [0.29, 0.717) is 27.9 Å². The van der Waals surface area contributed by atoms with E-state index < -0.39 is 29.8 Å². The summed E-state index contributed by atoms with van der Waals surface area (Å²) in [5, 5.41) is 17.8. The minimum atomic E-state index is -4.74. The summed E-state index contributed by atoms with van der Waals surface area (Å²) in [7, 11) is 1.45. The first-order chi connectivity index (χ1) is 18.1. The lowest BCUT2D eigenvalue weighted by Crippen LogP contribution is -2.52. The number of aromatic amines is 1. The minimum absolute atomic E-state index is 0.0115. The number of piperidine rings is 1. The van der Waals surface area contributed by atoms with Crippen LogP contribution in [0.2, 0.25) is 0 Å². The van der Waals surface area contributed by atoms with Crippen LogP contribution in [0, 0.1) is 5.92 Å². The summed E-state index contributed by atoms with van der Waals surface area (Å²) < 4.78 is 41.9. The summed E-state index contributed by atoms with van der Waals surface area (Å²) in [5.74, 6) is -1.09. The van der Waals surface area contributed by atoms with E-state index in [4.69, 9.17) is 0 Å². The number of rotatable bonds is 5. The van der Waals surface area contributed by atoms with Crippen molar-refractivity contribution >= 4 is 40.3 Å². The molecule has 0 spiro atoms. The van der Waals surface area contributed by atoms with E-state index in [1.165, 1.54) is 24.6 Å². The first kappa shape index (κ1) is 25.4. The second-order valence-corrected chi connectivity index (χ2v) is 9.56. The van der Waals surface area contributed by atoms with Gasteiger partial charge >= 0.3 is 12.3 Å². The zero-order chi connectivity index (χ0) is 27.0. The van der Waals surface area contributed by atoms with Gasteiger partial charge in [-0.1, -0.05) is 0 Å². The average molecular weight is 547 g/mol. The molecule has 4 N–H and O–H groups in total. The van der Waals surface area contributed by atoms with Gasteiger partial charge in [-0.3, -0.25) is 4.79 Å². The number of H-pyrrole nitrogens is 1. The number of carbonyl (C=O) groups is 2. The molecule has 38 heavy (non-hydrogen) atoms. The quantitative estimate of drug-likeness (QED) is 0.296. The Morgan fingerprint density at radius 1 is 1.21 bits per heavy atom. The number of aromatic nitrogens is 5. The van der Waals surface area contributed by atoms with E-state index >= 15 is 0 Å². The maximum atomic E-state index is 14.0. The van der Waals surface area contributed by atoms with Crippen LogP contribution < -0.4 is 10.6 Å². The van der Waals surface area contributed by atoms with E-state index in [1.807, 2.05) is 0 Å². The molecule has 0 unspecified atom stereocenters. The van der Waals surface area contributed by atoms with E-state index in [9.17, 15) is 27.9 Å². The van der Waals surface area contributed by atoms with E-state index in [-0.39, 0.29) is 42.6 Å². The highest BCUT2D eigenvalue weighted by molar-refractivity contribution is 7.13. The maximum absolute atomic E-state index is 14.0. The molecule has 0 saturated carbocycles. The Kier molecular flexibility index (Phi) is 6.60. The van der Waals surface area contributed by atoms with Crippen molar-refractivity contribution in [1.82, 2.24) is 35.1 Å². The molecule has 15 heteroatoms. The second kappa shape index (κ2) is 9.89. The van der Waals surface area contributed by atoms with Crippen molar-refractivity contribution in [3.8, 4) is 22.0 Å². The van der Waals surface area contributed by atoms with Crippen molar-refractivity contribution in [1.29, 1.82) is 0 Å². The van der Waals surface area contributed by atoms with Gasteiger partial charge in [0.2, 0.25) is 11.9 Å². The molecule has 198 valence electrons. The standard InChI is InChI=1S/C23H21F3N8O3S/c1-27-19(35)11-6-12(10-34(9-11)22(36)37)31-21-30-8-15(23(24,25)26)17(33-21)14-7-29-18-13(14)2-3-16(32-18)20-28-4-5-38-20/h2-5,7-8,11-12H,6,9-10H2,1H3,(H,27,35)(H,29,32)(H,36,37)(H,30,31,33)/t11-,12+/m1/s1. The Morgan fingerprint density at radius 2 is 2.03 bits per heavy atom. The first-order valence-corrected chi connectivity index (χ1v) is 12.3. The van der Waals surface area contributed by atoms with Crippen molar-refractivity contribution in [2.75, 3.05) is 25.5 Å². The summed E-state index contributed by atoms with van der Waals surface area (Å²) >= 11 is 1.39. The molecule has 1 saturated heterocycles. The number of thiazole rings is 1. The van der Waals surface area contributed by atoms with Gasteiger partial charge in [0.05, 0.1) is 11.6 Å². The number of hydrogen-bond donors (Lipinski definition) is 4. The van der Waals surface area contributed by atoms with Crippen LogP contribution in [-0.2, 0) is 11.0 Å². The van der Waals surface area contributed by atoms with Crippen LogP contribution in [0.1, 0.15) is 12.0 Å². The van der Waals surface area contributed by atoms with Gasteiger partial charge in [-0.15, -0.1) is 11.3 Å². The zero-order valence-electron chi connectivity index (χ0n) is 19.8. The summed E-state index contributed by atoms with van der Waals surface area (Å²) in [4.78, 5) is 44.5. The van der Waals surface area contributed by atoms with Crippen LogP contribution in [0.3, 0.4) is 0 Å². The summed E-state index contributed by atoms with van der Waals surface area (Å²) in [6.45, 7) is 0.0245. The molecule has 0 aromatic carbocycles. The smallest absolute Gasteiger partial charge is 0.419 e. The molecule has 11 nitrogen and oxygen atoms in total. The van der Waals surface area contributed by atoms with Gasteiger partial charge in [0.15, 0.2) is 0 Å². The third-order valence-electron chi connectivity index (χ3n) is 6.21. The average Bonchev–Trinajstić information content (AvgIpc) is 3.57. The second-order valence-electron chi connectivity index (χ2n) is 8.66. The number of carboxylic acid groups (broad SMARTS) is 1. The van der Waals surface area contributed by atoms with Crippen molar-refractivity contribution in [3.05, 3.63) is 41.7 Å². The molecule has 0 radical (unpaired) electrons. The van der Waals surface area contributed by atoms with Crippen molar-refractivity contribution in [3.63, 3.8) is 0 Å². The minimum Gasteiger partial charge on any atom is -0.465 e. The van der Waals surface area contributed by atoms with Gasteiger partial charge in [-0.2, -0.15) is 13.2 Å². The number of nitrogens with zero attached hydrogens (tertiary/aromatic N) is 5. The summed E-state index contributed by atoms with van der Waals surface area (Å²) in [6.07, 6.45) is -1.97. The summed E-state index contributed by atoms with van der Waals surface area (Å²) in [5.41, 5.74) is -0.277. The number of anilines is 1. The SMILES string of the molecule is CNC(=O)[C@@H]1C[C@H](Nc2ncc(C(F)(F)F)c(-c3c[nH]c4nc(-c5nccs5)ccc34)n2)CN(C(=O)O)C1. The number of pyridine rings is 1. The van der Waals surface area contributed by atoms with Crippen molar-refractivity contribution < 1.29 is 27.9 Å². The maximum Gasteiger partial charge on any atom is 0.419 e. The molecule has 5 rings (SSSR count). The predicted molar refractivity (Wildman–Crippen MR) is 132 cm³/mol. The number of hydrogen-bond acceptors (Lipinski definition) is 8. The topological polar surface area (TPSA) is 149 Å². The molecule has 5 heterocycles. The van der Waals surface area contributed by atoms with Gasteiger partial charge in [-0.05, 0) is 18.6 Å². The molecule has 2 amide bonds. The Bertz CT molecular complexity index is 1490. The largest absolute Gasteiger partial charge is 0.465 e. The number of alkyl halides is 3. The fourth-order valence-electron chi connectivity index (χ4n) is 4.47. The van der Waals surface area contributed by atoms with E-state index in [1.54, 1.807) is 23.7 Å². The fourth-order valence-corrected chi connectivity index (χ4v) is 5.08. The molecule has 1 aliphatic heterocycles. The molecule has 4 aromatic rings. The first-order valence-electron chi connectivity index (χ1n) is 11.4. The number of halogens is 3. The van der Waals surface area contributed by atoms with Gasteiger partial charge in [0, 0.05) is 61.1 Å². The van der Waals surface area contributed by atoms with Crippen molar-refractivity contribution in [2.45, 2.75) is 18.6 Å². The lowest BCUT2D eigenvalue weighted by molar-refractivity contribution is -0.137. The number of fused-ring (bicyclic) bond motifs is 1. The highest BCUT2D eigenvalue weighted by atomic mass is 32.1. The Balaban J connectivity index is 1.50. The van der Waals surface area contributed by atoms with Crippen LogP contribution in [0.4, 0.5) is 23.9 Å². The highest BCUT2D eigenvalue weighted by Gasteiger charge is 2.37. The van der Waals surface area contributed by atoms with Crippen LogP contribution in [0.5, 0.6) is 0 Å². The number of amides is 2. The molecule has 1 fully saturated rings. The highest BCUT2D eigenvalue weighted by Crippen LogP contribution is 2.39. The molecule has 4 aromatic heterocycles. The molecule has 2 atom stereocenters. The van der Waals surface area contributed by atoms with Crippen LogP contribution in [-0.4, -0.2) is 73.1 Å². The van der Waals surface area contributed by atoms with Crippen LogP contribution in [0.15, 0.2) is 36.1 Å². The molecule has 0 bridgehead atoms. The third-order valence-corrected chi connectivity index (χ3v) is 7.01. The summed E-state index contributed by atoms with van der Waals surface area (Å²) in [6, 6.07) is 2.73. The third kappa shape index (κ3) is 4.96. The molecule has 0 aliphatic carbocycles. The number of nitrogens with one attached hydrogen (secondary N) is 3. The molecular weight excluding hydrogens is 525 g/mol. The van der Waals surface area contributed by atoms with E-state index in [2.05, 4.69) is 35.6 Å². The van der Waals surface area contributed by atoms with E-state index in [0.717, 1.165) is 4.90 Å². The van der Waals surface area contributed by atoms with Gasteiger partial charge in [0.1, 0.15) is 21.9 Å². The lowest BCUT2D eigenvalue weighted by atomic mass is 9.93. The predicted octanol–water partition coefficient (Wildman–Crippen LogP) is 3.69. The van der Waals surface area contributed by atoms with Crippen LogP contribution in [0.25, 0.3) is 33.0 Å². The van der Waals surface area contributed by atoms with Gasteiger partial charge < -0.3 is 25.6 Å². The number of likely N-dealkylation sites (tertiary alicyclic amines) is 1. The van der Waals surface area contributed by atoms with Gasteiger partial charge in [0.25, 0.3) is 0 Å². The van der Waals surface area contributed by atoms with Crippen molar-refractivity contribution in [2.24, 2.45) is 5.92 Å². The van der Waals surface area contributed by atoms with Gasteiger partial charge in [-0.25, -0.2) is 24.7 Å². The molecule has 1 aliphatic rings. The zero-order valence-corrected chi connectivity index (χ0v) is 20.6. The fraction of sp³-hybridized carbons (Fsp3) is 0.304.